The highest BCUT2D eigenvalue weighted by atomic mass is 16.2. The van der Waals surface area contributed by atoms with Crippen LogP contribution in [0.5, 0.6) is 0 Å². The zero-order valence-electron chi connectivity index (χ0n) is 11.9. The van der Waals surface area contributed by atoms with Crippen molar-refractivity contribution >= 4 is 11.8 Å². The molecule has 1 aromatic heterocycles. The van der Waals surface area contributed by atoms with Gasteiger partial charge in [0.05, 0.1) is 0 Å². The summed E-state index contributed by atoms with van der Waals surface area (Å²) >= 11 is 0. The normalized spacial score (nSPS) is 22.1. The Hall–Kier alpha value is -1.89. The number of nitrogens with one attached hydrogen (secondary N) is 1. The molecular formula is C13H21N5O2. The summed E-state index contributed by atoms with van der Waals surface area (Å²) in [4.78, 5) is 26.0. The fourth-order valence-electron chi connectivity index (χ4n) is 2.56. The van der Waals surface area contributed by atoms with E-state index in [9.17, 15) is 9.59 Å². The van der Waals surface area contributed by atoms with E-state index in [0.717, 1.165) is 6.42 Å². The Balaban J connectivity index is 2.22. The summed E-state index contributed by atoms with van der Waals surface area (Å²) in [6, 6.07) is 1.03. The second-order valence-electron chi connectivity index (χ2n) is 5.02. The number of likely N-dealkylation sites (tertiary alicyclic amines) is 1. The average Bonchev–Trinajstić information content (AvgIpc) is 3.04. The number of aromatic nitrogens is 2. The zero-order chi connectivity index (χ0) is 14.7. The van der Waals surface area contributed by atoms with Crippen molar-refractivity contribution in [2.75, 3.05) is 13.6 Å². The molecule has 1 saturated heterocycles. The van der Waals surface area contributed by atoms with E-state index >= 15 is 0 Å². The van der Waals surface area contributed by atoms with E-state index in [1.54, 1.807) is 28.9 Å². The summed E-state index contributed by atoms with van der Waals surface area (Å²) in [5.74, 6) is -0.356. The van der Waals surface area contributed by atoms with Crippen molar-refractivity contribution in [3.63, 3.8) is 0 Å². The van der Waals surface area contributed by atoms with Crippen molar-refractivity contribution in [1.82, 2.24) is 20.0 Å². The van der Waals surface area contributed by atoms with E-state index in [0.29, 0.717) is 25.2 Å². The highest BCUT2D eigenvalue weighted by Gasteiger charge is 2.38. The van der Waals surface area contributed by atoms with Crippen LogP contribution in [0.15, 0.2) is 12.3 Å². The molecule has 2 atom stereocenters. The third-order valence-electron chi connectivity index (χ3n) is 3.51. The predicted octanol–water partition coefficient (Wildman–Crippen LogP) is -0.419. The van der Waals surface area contributed by atoms with Crippen LogP contribution in [-0.2, 0) is 11.3 Å². The van der Waals surface area contributed by atoms with Crippen LogP contribution in [0, 0.1) is 0 Å². The number of rotatable bonds is 4. The number of hydrogen-bond donors (Lipinski definition) is 2. The van der Waals surface area contributed by atoms with Gasteiger partial charge < -0.3 is 16.0 Å². The average molecular weight is 279 g/mol. The van der Waals surface area contributed by atoms with Gasteiger partial charge in [0.1, 0.15) is 11.7 Å². The van der Waals surface area contributed by atoms with Crippen LogP contribution in [0.3, 0.4) is 0 Å². The first-order chi connectivity index (χ1) is 9.58. The third kappa shape index (κ3) is 2.67. The first-order valence-corrected chi connectivity index (χ1v) is 6.88. The molecule has 0 aliphatic carbocycles. The standard InChI is InChI=1S/C13H21N5O2/c1-3-6-18-10(4-5-16-18)13(20)17-8-9(14)7-11(17)12(19)15-2/h4-5,9,11H,3,6-8,14H2,1-2H3,(H,15,19)/t9-,11+/m1/s1. The number of likely N-dealkylation sites (N-methyl/N-ethyl adjacent to an activating group) is 1. The maximum Gasteiger partial charge on any atom is 0.272 e. The Bertz CT molecular complexity index is 499. The molecule has 1 aromatic rings. The van der Waals surface area contributed by atoms with Crippen LogP contribution in [0.2, 0.25) is 0 Å². The van der Waals surface area contributed by atoms with E-state index < -0.39 is 6.04 Å². The van der Waals surface area contributed by atoms with Crippen molar-refractivity contribution in [3.05, 3.63) is 18.0 Å². The molecule has 0 saturated carbocycles. The molecule has 0 radical (unpaired) electrons. The Labute approximate surface area is 118 Å². The molecule has 20 heavy (non-hydrogen) atoms. The van der Waals surface area contributed by atoms with Crippen molar-refractivity contribution in [2.24, 2.45) is 5.73 Å². The number of hydrogen-bond acceptors (Lipinski definition) is 4. The lowest BCUT2D eigenvalue weighted by Gasteiger charge is -2.23. The fraction of sp³-hybridized carbons (Fsp3) is 0.615. The van der Waals surface area contributed by atoms with Gasteiger partial charge in [0, 0.05) is 32.4 Å². The first-order valence-electron chi connectivity index (χ1n) is 6.88. The van der Waals surface area contributed by atoms with Crippen LogP contribution in [0.25, 0.3) is 0 Å². The van der Waals surface area contributed by atoms with Gasteiger partial charge in [-0.3, -0.25) is 14.3 Å². The molecule has 110 valence electrons. The number of carbonyl (C=O) groups is 2. The summed E-state index contributed by atoms with van der Waals surface area (Å²) in [6.07, 6.45) is 2.99. The molecule has 0 aromatic carbocycles. The van der Waals surface area contributed by atoms with Gasteiger partial charge in [0.2, 0.25) is 5.91 Å². The predicted molar refractivity (Wildman–Crippen MR) is 74.0 cm³/mol. The van der Waals surface area contributed by atoms with Crippen molar-refractivity contribution in [3.8, 4) is 0 Å². The SMILES string of the molecule is CCCn1nccc1C(=O)N1C[C@H](N)C[C@H]1C(=O)NC. The zero-order valence-corrected chi connectivity index (χ0v) is 11.9. The molecule has 0 unspecified atom stereocenters. The van der Waals surface area contributed by atoms with Crippen LogP contribution in [-0.4, -0.2) is 52.2 Å². The monoisotopic (exact) mass is 279 g/mol. The van der Waals surface area contributed by atoms with Crippen LogP contribution >= 0.6 is 0 Å². The van der Waals surface area contributed by atoms with E-state index in [2.05, 4.69) is 10.4 Å². The quantitative estimate of drug-likeness (QED) is 0.783. The van der Waals surface area contributed by atoms with Crippen LogP contribution in [0.1, 0.15) is 30.3 Å². The molecule has 0 spiro atoms. The number of amides is 2. The van der Waals surface area contributed by atoms with E-state index in [4.69, 9.17) is 5.73 Å². The Morgan fingerprint density at radius 1 is 1.55 bits per heavy atom. The molecule has 2 rings (SSSR count). The molecule has 1 aliphatic rings. The van der Waals surface area contributed by atoms with Gasteiger partial charge in [0.15, 0.2) is 0 Å². The van der Waals surface area contributed by atoms with Crippen LogP contribution in [0.4, 0.5) is 0 Å². The molecule has 1 fully saturated rings. The molecule has 0 bridgehead atoms. The molecule has 7 nitrogen and oxygen atoms in total. The van der Waals surface area contributed by atoms with E-state index in [-0.39, 0.29) is 17.9 Å². The van der Waals surface area contributed by atoms with Gasteiger partial charge in [-0.15, -0.1) is 0 Å². The molecule has 2 heterocycles. The van der Waals surface area contributed by atoms with Crippen LogP contribution < -0.4 is 11.1 Å². The number of aryl methyl sites for hydroxylation is 1. The highest BCUT2D eigenvalue weighted by Crippen LogP contribution is 2.20. The minimum absolute atomic E-state index is 0.163. The first kappa shape index (κ1) is 14.5. The van der Waals surface area contributed by atoms with Crippen molar-refractivity contribution in [1.29, 1.82) is 0 Å². The van der Waals surface area contributed by atoms with Gasteiger partial charge in [-0.1, -0.05) is 6.92 Å². The van der Waals surface area contributed by atoms with E-state index in [1.165, 1.54) is 0 Å². The maximum atomic E-state index is 12.6. The fourth-order valence-corrected chi connectivity index (χ4v) is 2.56. The van der Waals surface area contributed by atoms with E-state index in [1.807, 2.05) is 6.92 Å². The molecule has 1 aliphatic heterocycles. The molecule has 7 heteroatoms. The minimum Gasteiger partial charge on any atom is -0.357 e. The number of carbonyl (C=O) groups excluding carboxylic acids is 2. The number of nitrogens with two attached hydrogens (primary N) is 1. The minimum atomic E-state index is -0.493. The van der Waals surface area contributed by atoms with Crippen molar-refractivity contribution < 1.29 is 9.59 Å². The summed E-state index contributed by atoms with van der Waals surface area (Å²) in [5, 5.41) is 6.73. The Morgan fingerprint density at radius 3 is 2.95 bits per heavy atom. The maximum absolute atomic E-state index is 12.6. The summed E-state index contributed by atoms with van der Waals surface area (Å²) in [7, 11) is 1.57. The lowest BCUT2D eigenvalue weighted by atomic mass is 10.1. The van der Waals surface area contributed by atoms with Gasteiger partial charge in [0.25, 0.3) is 5.91 Å². The topological polar surface area (TPSA) is 93.2 Å². The summed E-state index contributed by atoms with van der Waals surface area (Å²) in [6.45, 7) is 3.10. The lowest BCUT2D eigenvalue weighted by molar-refractivity contribution is -0.124. The second-order valence-corrected chi connectivity index (χ2v) is 5.02. The molecular weight excluding hydrogens is 258 g/mol. The van der Waals surface area contributed by atoms with Gasteiger partial charge >= 0.3 is 0 Å². The molecule has 3 N–H and O–H groups in total. The molecule has 2 amide bonds. The van der Waals surface area contributed by atoms with Gasteiger partial charge in [-0.05, 0) is 18.9 Å². The number of nitrogens with zero attached hydrogens (tertiary/aromatic N) is 3. The third-order valence-corrected chi connectivity index (χ3v) is 3.51. The Morgan fingerprint density at radius 2 is 2.30 bits per heavy atom. The second kappa shape index (κ2) is 6.04. The highest BCUT2D eigenvalue weighted by molar-refractivity contribution is 5.96. The van der Waals surface area contributed by atoms with Gasteiger partial charge in [-0.2, -0.15) is 5.10 Å². The van der Waals surface area contributed by atoms with Gasteiger partial charge in [-0.25, -0.2) is 0 Å². The Kier molecular flexibility index (Phi) is 4.39. The summed E-state index contributed by atoms with van der Waals surface area (Å²) in [5.41, 5.74) is 6.41. The largest absolute Gasteiger partial charge is 0.357 e. The van der Waals surface area contributed by atoms with Crippen molar-refractivity contribution in [2.45, 2.75) is 38.4 Å². The summed E-state index contributed by atoms with van der Waals surface area (Å²) < 4.78 is 1.67. The lowest BCUT2D eigenvalue weighted by Crippen LogP contribution is -2.45. The smallest absolute Gasteiger partial charge is 0.272 e.